The van der Waals surface area contributed by atoms with E-state index in [1.54, 1.807) is 0 Å². The van der Waals surface area contributed by atoms with Crippen LogP contribution in [-0.2, 0) is 0 Å². The molecule has 0 fully saturated rings. The van der Waals surface area contributed by atoms with Gasteiger partial charge >= 0.3 is 5.69 Å². The van der Waals surface area contributed by atoms with Gasteiger partial charge in [0, 0.05) is 6.07 Å². The highest BCUT2D eigenvalue weighted by atomic mass is 16.6. The van der Waals surface area contributed by atoms with Crippen LogP contribution >= 0.6 is 0 Å². The van der Waals surface area contributed by atoms with Crippen LogP contribution in [0, 0.1) is 10.1 Å². The van der Waals surface area contributed by atoms with Gasteiger partial charge in [-0.3, -0.25) is 10.1 Å². The minimum absolute atomic E-state index is 0.0836. The van der Waals surface area contributed by atoms with E-state index in [-0.39, 0.29) is 22.8 Å². The van der Waals surface area contributed by atoms with Crippen molar-refractivity contribution >= 4 is 22.4 Å². The Balaban J connectivity index is 1.99. The number of aromatic amines is 1. The molecule has 2 aromatic heterocycles. The van der Waals surface area contributed by atoms with Gasteiger partial charge in [-0.25, -0.2) is 4.63 Å². The maximum atomic E-state index is 10.9. The Labute approximate surface area is 110 Å². The van der Waals surface area contributed by atoms with E-state index in [2.05, 4.69) is 40.9 Å². The molecule has 0 bridgehead atoms. The van der Waals surface area contributed by atoms with Gasteiger partial charge in [0.2, 0.25) is 5.52 Å². The lowest BCUT2D eigenvalue weighted by molar-refractivity contribution is -0.383. The van der Waals surface area contributed by atoms with Crippen LogP contribution in [0.25, 0.3) is 11.0 Å². The van der Waals surface area contributed by atoms with Crippen LogP contribution in [0.2, 0.25) is 0 Å². The fraction of sp³-hybridized carbons (Fsp3) is 0.222. The molecule has 3 rings (SSSR count). The van der Waals surface area contributed by atoms with Crippen LogP contribution in [-0.4, -0.2) is 35.9 Å². The first-order valence-electron chi connectivity index (χ1n) is 5.56. The zero-order valence-electron chi connectivity index (χ0n) is 10.1. The van der Waals surface area contributed by atoms with Crippen LogP contribution in [0.5, 0.6) is 0 Å². The molecule has 0 saturated carbocycles. The highest BCUT2D eigenvalue weighted by molar-refractivity contribution is 5.93. The Kier molecular flexibility index (Phi) is 2.71. The lowest BCUT2D eigenvalue weighted by Gasteiger charge is -2.10. The fourth-order valence-corrected chi connectivity index (χ4v) is 1.77. The number of nitro benzene ring substituents is 1. The van der Waals surface area contributed by atoms with Gasteiger partial charge in [-0.05, 0) is 23.3 Å². The van der Waals surface area contributed by atoms with Crippen molar-refractivity contribution in [1.29, 1.82) is 0 Å². The third kappa shape index (κ3) is 1.90. The average Bonchev–Trinajstić information content (AvgIpc) is 3.10. The number of benzene rings is 1. The van der Waals surface area contributed by atoms with Crippen molar-refractivity contribution in [2.75, 3.05) is 5.32 Å². The molecule has 1 unspecified atom stereocenters. The maximum Gasteiger partial charge on any atom is 0.300 e. The first-order chi connectivity index (χ1) is 9.66. The molecule has 1 atom stereocenters. The van der Waals surface area contributed by atoms with Crippen molar-refractivity contribution in [2.24, 2.45) is 0 Å². The third-order valence-corrected chi connectivity index (χ3v) is 2.71. The number of nitro groups is 1. The number of rotatable bonds is 4. The molecule has 11 nitrogen and oxygen atoms in total. The van der Waals surface area contributed by atoms with Gasteiger partial charge < -0.3 is 5.32 Å². The third-order valence-electron chi connectivity index (χ3n) is 2.71. The number of non-ortho nitro benzene ring substituents is 1. The molecule has 11 heteroatoms. The summed E-state index contributed by atoms with van der Waals surface area (Å²) in [5.41, 5.74) is 0.720. The van der Waals surface area contributed by atoms with Gasteiger partial charge in [-0.15, -0.1) is 10.2 Å². The van der Waals surface area contributed by atoms with Gasteiger partial charge in [-0.1, -0.05) is 5.21 Å². The molecular weight excluding hydrogens is 268 g/mol. The van der Waals surface area contributed by atoms with E-state index >= 15 is 0 Å². The predicted molar refractivity (Wildman–Crippen MR) is 64.7 cm³/mol. The molecular formula is C9H8N8O3. The predicted octanol–water partition coefficient (Wildman–Crippen LogP) is 0.817. The van der Waals surface area contributed by atoms with Crippen LogP contribution in [0.3, 0.4) is 0 Å². The lowest BCUT2D eigenvalue weighted by atomic mass is 10.2. The number of fused-ring (bicyclic) bond motifs is 1. The summed E-state index contributed by atoms with van der Waals surface area (Å²) in [5, 5.41) is 34.7. The molecule has 0 aliphatic heterocycles. The maximum absolute atomic E-state index is 10.9. The number of H-pyrrole nitrogens is 1. The minimum atomic E-state index is -0.543. The topological polar surface area (TPSA) is 149 Å². The van der Waals surface area contributed by atoms with Crippen molar-refractivity contribution < 1.29 is 9.55 Å². The summed E-state index contributed by atoms with van der Waals surface area (Å²) < 4.78 is 4.57. The number of hydrogen-bond donors (Lipinski definition) is 2. The summed E-state index contributed by atoms with van der Waals surface area (Å²) in [4.78, 5) is 10.3. The van der Waals surface area contributed by atoms with Gasteiger partial charge in [0.25, 0.3) is 0 Å². The number of tetrazole rings is 1. The average molecular weight is 276 g/mol. The van der Waals surface area contributed by atoms with Crippen LogP contribution in [0.15, 0.2) is 16.8 Å². The standard InChI is InChI=1S/C9H8N8O3/c1-4(9-11-15-16-12-9)10-5-2-3-6(17(18)19)8-7(5)13-20-14-8/h2-4,10H,1H3,(H,11,12,15,16). The van der Waals surface area contributed by atoms with Crippen molar-refractivity contribution in [3.63, 3.8) is 0 Å². The van der Waals surface area contributed by atoms with E-state index < -0.39 is 4.92 Å². The molecule has 3 aromatic rings. The highest BCUT2D eigenvalue weighted by Crippen LogP contribution is 2.30. The summed E-state index contributed by atoms with van der Waals surface area (Å²) in [7, 11) is 0. The number of aromatic nitrogens is 6. The van der Waals surface area contributed by atoms with Crippen molar-refractivity contribution in [1.82, 2.24) is 30.9 Å². The SMILES string of the molecule is CC(Nc1ccc([N+](=O)[O-])c2nonc12)c1nn[nH]n1. The summed E-state index contributed by atoms with van der Waals surface area (Å²) >= 11 is 0. The van der Waals surface area contributed by atoms with Gasteiger partial charge in [0.1, 0.15) is 0 Å². The van der Waals surface area contributed by atoms with Crippen molar-refractivity contribution in [2.45, 2.75) is 13.0 Å². The lowest BCUT2D eigenvalue weighted by Crippen LogP contribution is -2.09. The Morgan fingerprint density at radius 1 is 1.40 bits per heavy atom. The van der Waals surface area contributed by atoms with E-state index in [1.807, 2.05) is 6.92 Å². The summed E-state index contributed by atoms with van der Waals surface area (Å²) in [6.07, 6.45) is 0. The molecule has 0 aliphatic carbocycles. The molecule has 0 radical (unpaired) electrons. The summed E-state index contributed by atoms with van der Waals surface area (Å²) in [6.45, 7) is 1.81. The van der Waals surface area contributed by atoms with Crippen LogP contribution in [0.1, 0.15) is 18.8 Å². The zero-order valence-corrected chi connectivity index (χ0v) is 10.1. The molecule has 2 heterocycles. The summed E-state index contributed by atoms with van der Waals surface area (Å²) in [5.74, 6) is 0.452. The van der Waals surface area contributed by atoms with E-state index in [0.717, 1.165) is 0 Å². The Morgan fingerprint density at radius 2 is 2.20 bits per heavy atom. The van der Waals surface area contributed by atoms with Crippen molar-refractivity contribution in [3.8, 4) is 0 Å². The number of anilines is 1. The fourth-order valence-electron chi connectivity index (χ4n) is 1.77. The van der Waals surface area contributed by atoms with Crippen LogP contribution < -0.4 is 5.32 Å². The molecule has 0 saturated heterocycles. The van der Waals surface area contributed by atoms with Crippen LogP contribution in [0.4, 0.5) is 11.4 Å². The number of nitrogens with zero attached hydrogens (tertiary/aromatic N) is 6. The van der Waals surface area contributed by atoms with Gasteiger partial charge in [-0.2, -0.15) is 5.21 Å². The second kappa shape index (κ2) is 4.53. The first kappa shape index (κ1) is 12.0. The molecule has 0 amide bonds. The Bertz CT molecular complexity index is 752. The molecule has 20 heavy (non-hydrogen) atoms. The quantitative estimate of drug-likeness (QED) is 0.521. The van der Waals surface area contributed by atoms with E-state index in [1.165, 1.54) is 12.1 Å². The Hall–Kier alpha value is -3.11. The molecule has 1 aromatic carbocycles. The second-order valence-corrected chi connectivity index (χ2v) is 3.99. The summed E-state index contributed by atoms with van der Waals surface area (Å²) in [6, 6.07) is 2.59. The second-order valence-electron chi connectivity index (χ2n) is 3.99. The monoisotopic (exact) mass is 276 g/mol. The smallest absolute Gasteiger partial charge is 0.300 e. The zero-order chi connectivity index (χ0) is 14.1. The Morgan fingerprint density at radius 3 is 2.90 bits per heavy atom. The van der Waals surface area contributed by atoms with Gasteiger partial charge in [0.15, 0.2) is 11.3 Å². The first-order valence-corrected chi connectivity index (χ1v) is 5.56. The van der Waals surface area contributed by atoms with E-state index in [4.69, 9.17) is 0 Å². The molecule has 2 N–H and O–H groups in total. The highest BCUT2D eigenvalue weighted by Gasteiger charge is 2.21. The number of hydrogen-bond acceptors (Lipinski definition) is 9. The molecule has 0 aliphatic rings. The van der Waals surface area contributed by atoms with E-state index in [0.29, 0.717) is 11.5 Å². The molecule has 0 spiro atoms. The minimum Gasteiger partial charge on any atom is -0.373 e. The molecule has 102 valence electrons. The largest absolute Gasteiger partial charge is 0.373 e. The normalized spacial score (nSPS) is 12.4. The van der Waals surface area contributed by atoms with Gasteiger partial charge in [0.05, 0.1) is 16.7 Å². The number of nitrogens with one attached hydrogen (secondary N) is 2. The van der Waals surface area contributed by atoms with E-state index in [9.17, 15) is 10.1 Å². The van der Waals surface area contributed by atoms with Crippen molar-refractivity contribution in [3.05, 3.63) is 28.1 Å².